The van der Waals surface area contributed by atoms with Crippen molar-refractivity contribution in [1.29, 1.82) is 0 Å². The van der Waals surface area contributed by atoms with Crippen molar-refractivity contribution >= 4 is 40.5 Å². The number of amides is 2. The Labute approximate surface area is 271 Å². The van der Waals surface area contributed by atoms with Gasteiger partial charge in [-0.05, 0) is 99.5 Å². The van der Waals surface area contributed by atoms with E-state index < -0.39 is 0 Å². The van der Waals surface area contributed by atoms with Crippen molar-refractivity contribution in [3.8, 4) is 22.3 Å². The van der Waals surface area contributed by atoms with Crippen LogP contribution in [0.2, 0.25) is 0 Å². The van der Waals surface area contributed by atoms with E-state index in [1.807, 2.05) is 74.5 Å². The van der Waals surface area contributed by atoms with Gasteiger partial charge in [-0.15, -0.1) is 0 Å². The highest BCUT2D eigenvalue weighted by Crippen LogP contribution is 2.47. The molecular weight excluding hydrogens is 576 g/mol. The molecule has 8 heteroatoms. The molecule has 0 aromatic heterocycles. The van der Waals surface area contributed by atoms with Crippen molar-refractivity contribution < 1.29 is 19.1 Å². The van der Waals surface area contributed by atoms with Gasteiger partial charge in [-0.1, -0.05) is 58.9 Å². The maximum absolute atomic E-state index is 11.8. The molecule has 2 aliphatic carbocycles. The third-order valence-corrected chi connectivity index (χ3v) is 7.98. The molecule has 46 heavy (non-hydrogen) atoms. The predicted molar refractivity (Wildman–Crippen MR) is 188 cm³/mol. The molecule has 4 aromatic rings. The van der Waals surface area contributed by atoms with E-state index in [1.165, 1.54) is 22.3 Å². The van der Waals surface area contributed by atoms with Crippen LogP contribution in [-0.4, -0.2) is 24.4 Å². The molecule has 0 atom stereocenters. The number of ether oxygens (including phenoxy) is 1. The summed E-state index contributed by atoms with van der Waals surface area (Å²) in [7, 11) is 0. The topological polar surface area (TPSA) is 137 Å². The van der Waals surface area contributed by atoms with Gasteiger partial charge < -0.3 is 26.8 Å². The van der Waals surface area contributed by atoms with E-state index in [0.29, 0.717) is 19.3 Å². The van der Waals surface area contributed by atoms with Crippen molar-refractivity contribution in [3.63, 3.8) is 0 Å². The van der Waals surface area contributed by atoms with Crippen LogP contribution in [0, 0.1) is 0 Å². The number of rotatable bonds is 7. The van der Waals surface area contributed by atoms with E-state index in [4.69, 9.17) is 16.2 Å². The molecule has 4 aromatic carbocycles. The number of fused-ring (bicyclic) bond motifs is 6. The fourth-order valence-corrected chi connectivity index (χ4v) is 5.72. The van der Waals surface area contributed by atoms with Gasteiger partial charge in [0.15, 0.2) is 0 Å². The Kier molecular flexibility index (Phi) is 11.2. The molecule has 0 unspecified atom stereocenters. The Morgan fingerprint density at radius 3 is 1.50 bits per heavy atom. The van der Waals surface area contributed by atoms with E-state index in [1.54, 1.807) is 20.8 Å². The molecule has 0 aliphatic heterocycles. The first kappa shape index (κ1) is 33.8. The van der Waals surface area contributed by atoms with Gasteiger partial charge in [0, 0.05) is 47.9 Å². The number of nitrogens with one attached hydrogen (secondary N) is 2. The second kappa shape index (κ2) is 15.3. The van der Waals surface area contributed by atoms with Crippen molar-refractivity contribution in [2.75, 3.05) is 28.7 Å². The monoisotopic (exact) mass is 620 g/mol. The van der Waals surface area contributed by atoms with Gasteiger partial charge in [0.05, 0.1) is 0 Å². The highest BCUT2D eigenvalue weighted by Gasteiger charge is 2.30. The zero-order chi connectivity index (χ0) is 33.4. The fourth-order valence-electron chi connectivity index (χ4n) is 5.72. The van der Waals surface area contributed by atoms with E-state index in [9.17, 15) is 14.4 Å². The summed E-state index contributed by atoms with van der Waals surface area (Å²) in [6.07, 6.45) is 2.05. The van der Waals surface area contributed by atoms with Gasteiger partial charge in [-0.25, -0.2) is 0 Å². The first-order valence-electron chi connectivity index (χ1n) is 16.0. The van der Waals surface area contributed by atoms with Crippen LogP contribution in [0.1, 0.15) is 82.1 Å². The number of benzene rings is 4. The van der Waals surface area contributed by atoms with Crippen molar-refractivity contribution in [2.24, 2.45) is 0 Å². The Hall–Kier alpha value is -5.11. The summed E-state index contributed by atoms with van der Waals surface area (Å²) in [5.41, 5.74) is 23.9. The van der Waals surface area contributed by atoms with Gasteiger partial charge in [0.25, 0.3) is 0 Å². The lowest BCUT2D eigenvalue weighted by molar-refractivity contribution is -0.143. The lowest BCUT2D eigenvalue weighted by Crippen LogP contribution is -2.13. The number of carbonyl (C=O) groups is 3. The molecule has 0 fully saturated rings. The van der Waals surface area contributed by atoms with Crippen LogP contribution in [-0.2, 0) is 25.5 Å². The summed E-state index contributed by atoms with van der Waals surface area (Å²) in [4.78, 5) is 35.3. The van der Waals surface area contributed by atoms with Gasteiger partial charge >= 0.3 is 5.97 Å². The molecule has 0 radical (unpaired) electrons. The minimum Gasteiger partial charge on any atom is -0.465 e. The molecule has 6 N–H and O–H groups in total. The molecule has 240 valence electrons. The van der Waals surface area contributed by atoms with E-state index in [0.717, 1.165) is 51.4 Å². The van der Waals surface area contributed by atoms with E-state index in [-0.39, 0.29) is 30.3 Å². The minimum atomic E-state index is -0.258. The zero-order valence-electron chi connectivity index (χ0n) is 27.3. The van der Waals surface area contributed by atoms with Crippen LogP contribution in [0.5, 0.6) is 0 Å². The smallest absolute Gasteiger partial charge is 0.305 e. The summed E-state index contributed by atoms with van der Waals surface area (Å²) >= 11 is 0. The average molecular weight is 621 g/mol. The van der Waals surface area contributed by atoms with Crippen molar-refractivity contribution in [2.45, 2.75) is 66.2 Å². The molecule has 6 rings (SSSR count). The van der Waals surface area contributed by atoms with Crippen molar-refractivity contribution in [3.05, 3.63) is 95.1 Å². The third-order valence-electron chi connectivity index (χ3n) is 7.98. The number of anilines is 4. The molecule has 2 amide bonds. The standard InChI is InChI=1S/C23H26N2O4.C13H12N2.C2H6/c1-4-21(26)24-14-7-9-16-17-10-8-15(25-22(27)5-2)12-19(17)20(18(16)11-14)13-29-23(28)6-3;14-10-1-3-12-8(6-10)5-9-7-11(15)2-4-13(9)12;1-2/h7-12,20H,4-6,13H2,1-3H3,(H,24,26)(H,25,27);1-4,6-7H,5,14-15H2;1-2H3. The van der Waals surface area contributed by atoms with E-state index >= 15 is 0 Å². The molecule has 0 saturated carbocycles. The molecule has 2 aliphatic rings. The molecule has 0 bridgehead atoms. The van der Waals surface area contributed by atoms with Gasteiger partial charge in [0.1, 0.15) is 6.61 Å². The van der Waals surface area contributed by atoms with Crippen LogP contribution < -0.4 is 22.1 Å². The summed E-state index contributed by atoms with van der Waals surface area (Å²) in [6, 6.07) is 23.8. The fraction of sp³-hybridized carbons (Fsp3) is 0.289. The number of carbonyl (C=O) groups excluding carboxylic acids is 3. The summed E-state index contributed by atoms with van der Waals surface area (Å²) in [6.45, 7) is 9.58. The second-order valence-corrected chi connectivity index (χ2v) is 11.0. The largest absolute Gasteiger partial charge is 0.465 e. The van der Waals surface area contributed by atoms with Crippen LogP contribution in [0.15, 0.2) is 72.8 Å². The predicted octanol–water partition coefficient (Wildman–Crippen LogP) is 7.90. The quantitative estimate of drug-likeness (QED) is 0.108. The van der Waals surface area contributed by atoms with Crippen molar-refractivity contribution in [1.82, 2.24) is 0 Å². The van der Waals surface area contributed by atoms with Gasteiger partial charge in [0.2, 0.25) is 11.8 Å². The van der Waals surface area contributed by atoms with E-state index in [2.05, 4.69) is 22.8 Å². The Morgan fingerprint density at radius 2 is 1.09 bits per heavy atom. The summed E-state index contributed by atoms with van der Waals surface area (Å²) < 4.78 is 5.46. The number of hydrogen-bond donors (Lipinski definition) is 4. The normalized spacial score (nSPS) is 11.8. The first-order chi connectivity index (χ1) is 22.2. The lowest BCUT2D eigenvalue weighted by atomic mass is 9.97. The zero-order valence-corrected chi connectivity index (χ0v) is 27.3. The number of nitrogens with two attached hydrogens (primary N) is 2. The van der Waals surface area contributed by atoms with Crippen LogP contribution in [0.3, 0.4) is 0 Å². The first-order valence-corrected chi connectivity index (χ1v) is 16.0. The molecular formula is C38H44N4O4. The number of hydrogen-bond acceptors (Lipinski definition) is 6. The second-order valence-electron chi connectivity index (χ2n) is 11.0. The maximum Gasteiger partial charge on any atom is 0.305 e. The Balaban J connectivity index is 0.000000235. The maximum atomic E-state index is 11.8. The molecule has 0 spiro atoms. The SMILES string of the molecule is CC.CCC(=O)Nc1ccc2c(c1)C(COC(=O)CC)c1cc(NC(=O)CC)ccc1-2.Nc1ccc2c(c1)Cc1cc(N)ccc1-2. The number of nitrogen functional groups attached to an aromatic ring is 2. The van der Waals surface area contributed by atoms with Gasteiger partial charge in [-0.3, -0.25) is 14.4 Å². The highest BCUT2D eigenvalue weighted by molar-refractivity contribution is 5.93. The van der Waals surface area contributed by atoms with Crippen LogP contribution in [0.25, 0.3) is 22.3 Å². The minimum absolute atomic E-state index is 0.0565. The van der Waals surface area contributed by atoms with Crippen LogP contribution in [0.4, 0.5) is 22.7 Å². The molecule has 0 heterocycles. The Morgan fingerprint density at radius 1 is 0.652 bits per heavy atom. The number of esters is 1. The lowest BCUT2D eigenvalue weighted by Gasteiger charge is -2.16. The molecule has 0 saturated heterocycles. The summed E-state index contributed by atoms with van der Waals surface area (Å²) in [5.74, 6) is -0.531. The highest BCUT2D eigenvalue weighted by atomic mass is 16.5. The average Bonchev–Trinajstić information content (AvgIpc) is 3.57. The third kappa shape index (κ3) is 7.57. The molecule has 8 nitrogen and oxygen atoms in total. The Bertz CT molecular complexity index is 1630. The van der Waals surface area contributed by atoms with Gasteiger partial charge in [-0.2, -0.15) is 0 Å². The summed E-state index contributed by atoms with van der Waals surface area (Å²) in [5, 5.41) is 5.77. The van der Waals surface area contributed by atoms with Crippen LogP contribution >= 0.6 is 0 Å².